The molecule has 96 valence electrons. The van der Waals surface area contributed by atoms with Crippen LogP contribution in [0.1, 0.15) is 25.8 Å². The van der Waals surface area contributed by atoms with E-state index in [-0.39, 0.29) is 5.91 Å². The zero-order valence-electron chi connectivity index (χ0n) is 11.0. The lowest BCUT2D eigenvalue weighted by atomic mass is 9.88. The number of hydrogen-bond acceptors (Lipinski definition) is 3. The molecule has 4 nitrogen and oxygen atoms in total. The normalized spacial score (nSPS) is 13.4. The molecule has 0 aliphatic carbocycles. The minimum atomic E-state index is -1.000. The van der Waals surface area contributed by atoms with Crippen molar-refractivity contribution in [3.05, 3.63) is 29.8 Å². The maximum atomic E-state index is 12.1. The number of amides is 1. The summed E-state index contributed by atoms with van der Waals surface area (Å²) in [7, 11) is 1.60. The van der Waals surface area contributed by atoms with Gasteiger partial charge >= 0.3 is 0 Å². The summed E-state index contributed by atoms with van der Waals surface area (Å²) < 4.78 is 5.07. The molecule has 4 heteroatoms. The van der Waals surface area contributed by atoms with Crippen molar-refractivity contribution >= 4 is 11.6 Å². The van der Waals surface area contributed by atoms with Crippen LogP contribution in [0.25, 0.3) is 0 Å². The molecule has 1 N–H and O–H groups in total. The molecule has 1 unspecified atom stereocenters. The van der Waals surface area contributed by atoms with Crippen LogP contribution in [0.3, 0.4) is 0 Å². The van der Waals surface area contributed by atoms with Crippen LogP contribution < -0.4 is 5.32 Å². The summed E-state index contributed by atoms with van der Waals surface area (Å²) in [6.07, 6.45) is 0.474. The van der Waals surface area contributed by atoms with Crippen molar-refractivity contribution in [1.82, 2.24) is 0 Å². The molecule has 0 fully saturated rings. The van der Waals surface area contributed by atoms with E-state index < -0.39 is 5.41 Å². The molecule has 18 heavy (non-hydrogen) atoms. The Balaban J connectivity index is 2.92. The van der Waals surface area contributed by atoms with Gasteiger partial charge in [-0.05, 0) is 19.4 Å². The highest BCUT2D eigenvalue weighted by Gasteiger charge is 2.31. The van der Waals surface area contributed by atoms with E-state index in [4.69, 9.17) is 10.00 Å². The van der Waals surface area contributed by atoms with Gasteiger partial charge in [0.2, 0.25) is 5.91 Å². The summed E-state index contributed by atoms with van der Waals surface area (Å²) in [5.41, 5.74) is 0.587. The fraction of sp³-hybridized carbons (Fsp3) is 0.429. The fourth-order valence-electron chi connectivity index (χ4n) is 1.47. The Morgan fingerprint density at radius 3 is 2.72 bits per heavy atom. The number of carbonyl (C=O) groups excluding carboxylic acids is 1. The van der Waals surface area contributed by atoms with Crippen molar-refractivity contribution in [3.63, 3.8) is 0 Å². The number of nitriles is 1. The van der Waals surface area contributed by atoms with Crippen LogP contribution in [0.5, 0.6) is 0 Å². The van der Waals surface area contributed by atoms with E-state index in [0.29, 0.717) is 18.7 Å². The first-order chi connectivity index (χ1) is 8.57. The zero-order chi connectivity index (χ0) is 13.6. The minimum Gasteiger partial charge on any atom is -0.380 e. The third-order valence-electron chi connectivity index (χ3n) is 3.02. The topological polar surface area (TPSA) is 62.1 Å². The van der Waals surface area contributed by atoms with E-state index in [2.05, 4.69) is 11.4 Å². The molecule has 0 aliphatic rings. The van der Waals surface area contributed by atoms with Gasteiger partial charge in [-0.3, -0.25) is 4.79 Å². The number of ether oxygens (including phenoxy) is 1. The van der Waals surface area contributed by atoms with Crippen molar-refractivity contribution in [2.45, 2.75) is 26.9 Å². The Morgan fingerprint density at radius 1 is 1.50 bits per heavy atom. The van der Waals surface area contributed by atoms with E-state index in [0.717, 1.165) is 5.56 Å². The van der Waals surface area contributed by atoms with Gasteiger partial charge in [-0.25, -0.2) is 0 Å². The summed E-state index contributed by atoms with van der Waals surface area (Å²) >= 11 is 0. The largest absolute Gasteiger partial charge is 0.380 e. The molecule has 1 aromatic carbocycles. The van der Waals surface area contributed by atoms with Gasteiger partial charge in [0.05, 0.1) is 12.7 Å². The van der Waals surface area contributed by atoms with Crippen LogP contribution in [-0.2, 0) is 16.1 Å². The number of carbonyl (C=O) groups is 1. The van der Waals surface area contributed by atoms with Gasteiger partial charge in [-0.15, -0.1) is 0 Å². The average molecular weight is 246 g/mol. The summed E-state index contributed by atoms with van der Waals surface area (Å²) in [5, 5.41) is 11.9. The van der Waals surface area contributed by atoms with Crippen LogP contribution in [0.2, 0.25) is 0 Å². The van der Waals surface area contributed by atoms with Gasteiger partial charge in [-0.1, -0.05) is 25.1 Å². The Hall–Kier alpha value is -1.86. The van der Waals surface area contributed by atoms with Crippen LogP contribution in [0, 0.1) is 16.7 Å². The molecule has 1 atom stereocenters. The van der Waals surface area contributed by atoms with Gasteiger partial charge in [0.1, 0.15) is 5.41 Å². The fourth-order valence-corrected chi connectivity index (χ4v) is 1.47. The number of anilines is 1. The first-order valence-corrected chi connectivity index (χ1v) is 5.87. The third-order valence-corrected chi connectivity index (χ3v) is 3.02. The Morgan fingerprint density at radius 2 is 2.17 bits per heavy atom. The Kier molecular flexibility index (Phi) is 4.87. The Bertz CT molecular complexity index is 465. The molecular formula is C14H18N2O2. The summed E-state index contributed by atoms with van der Waals surface area (Å²) in [4.78, 5) is 12.1. The van der Waals surface area contributed by atoms with Gasteiger partial charge in [0.25, 0.3) is 0 Å². The molecule has 1 rings (SSSR count). The zero-order valence-corrected chi connectivity index (χ0v) is 11.0. The minimum absolute atomic E-state index is 0.281. The van der Waals surface area contributed by atoms with Crippen molar-refractivity contribution in [3.8, 4) is 6.07 Å². The van der Waals surface area contributed by atoms with Crippen LogP contribution in [0.15, 0.2) is 24.3 Å². The second-order valence-corrected chi connectivity index (χ2v) is 4.34. The maximum absolute atomic E-state index is 12.1. The number of benzene rings is 1. The lowest BCUT2D eigenvalue weighted by molar-refractivity contribution is -0.122. The third kappa shape index (κ3) is 3.08. The molecule has 0 spiro atoms. The first kappa shape index (κ1) is 14.2. The molecular weight excluding hydrogens is 228 g/mol. The van der Waals surface area contributed by atoms with Gasteiger partial charge in [0.15, 0.2) is 0 Å². The Labute approximate surface area is 108 Å². The quantitative estimate of drug-likeness (QED) is 0.868. The van der Waals surface area contributed by atoms with E-state index in [9.17, 15) is 4.79 Å². The second-order valence-electron chi connectivity index (χ2n) is 4.34. The molecule has 0 saturated carbocycles. The number of para-hydroxylation sites is 1. The van der Waals surface area contributed by atoms with Crippen molar-refractivity contribution in [2.75, 3.05) is 12.4 Å². The predicted molar refractivity (Wildman–Crippen MR) is 69.8 cm³/mol. The number of methoxy groups -OCH3 is 1. The lowest BCUT2D eigenvalue weighted by Crippen LogP contribution is -2.31. The standard InChI is InChI=1S/C14H18N2O2/c1-4-14(2,10-15)13(17)16-12-8-6-5-7-11(12)9-18-3/h5-8H,4,9H2,1-3H3,(H,16,17). The number of nitrogens with one attached hydrogen (secondary N) is 1. The predicted octanol–water partition coefficient (Wildman–Crippen LogP) is 2.71. The van der Waals surface area contributed by atoms with Crippen molar-refractivity contribution < 1.29 is 9.53 Å². The lowest BCUT2D eigenvalue weighted by Gasteiger charge is -2.19. The molecule has 0 bridgehead atoms. The smallest absolute Gasteiger partial charge is 0.244 e. The molecule has 0 heterocycles. The van der Waals surface area contributed by atoms with Crippen LogP contribution in [0.4, 0.5) is 5.69 Å². The first-order valence-electron chi connectivity index (χ1n) is 5.87. The molecule has 0 aromatic heterocycles. The van der Waals surface area contributed by atoms with Crippen LogP contribution in [-0.4, -0.2) is 13.0 Å². The molecule has 0 aliphatic heterocycles. The molecule has 1 aromatic rings. The van der Waals surface area contributed by atoms with E-state index >= 15 is 0 Å². The second kappa shape index (κ2) is 6.18. The van der Waals surface area contributed by atoms with Gasteiger partial charge in [0, 0.05) is 18.4 Å². The molecule has 0 saturated heterocycles. The maximum Gasteiger partial charge on any atom is 0.244 e. The van der Waals surface area contributed by atoms with Crippen LogP contribution >= 0.6 is 0 Å². The highest BCUT2D eigenvalue weighted by atomic mass is 16.5. The highest BCUT2D eigenvalue weighted by molar-refractivity contribution is 5.97. The average Bonchev–Trinajstić information content (AvgIpc) is 2.40. The van der Waals surface area contributed by atoms with Crippen molar-refractivity contribution in [1.29, 1.82) is 5.26 Å². The van der Waals surface area contributed by atoms with E-state index in [1.807, 2.05) is 25.1 Å². The van der Waals surface area contributed by atoms with E-state index in [1.165, 1.54) is 0 Å². The van der Waals surface area contributed by atoms with Gasteiger partial charge in [-0.2, -0.15) is 5.26 Å². The van der Waals surface area contributed by atoms with Gasteiger partial charge < -0.3 is 10.1 Å². The van der Waals surface area contributed by atoms with E-state index in [1.54, 1.807) is 20.1 Å². The van der Waals surface area contributed by atoms with Crippen molar-refractivity contribution in [2.24, 2.45) is 5.41 Å². The molecule has 0 radical (unpaired) electrons. The summed E-state index contributed by atoms with van der Waals surface area (Å²) in [6, 6.07) is 9.47. The number of hydrogen-bond donors (Lipinski definition) is 1. The molecule has 1 amide bonds. The number of rotatable bonds is 5. The summed E-state index contributed by atoms with van der Waals surface area (Å²) in [5.74, 6) is -0.281. The number of nitrogens with zero attached hydrogens (tertiary/aromatic N) is 1. The monoisotopic (exact) mass is 246 g/mol. The SMILES string of the molecule is CCC(C)(C#N)C(=O)Nc1ccccc1COC. The highest BCUT2D eigenvalue weighted by Crippen LogP contribution is 2.24. The summed E-state index contributed by atoms with van der Waals surface area (Å²) in [6.45, 7) is 3.89.